The lowest BCUT2D eigenvalue weighted by Crippen LogP contribution is -1.94. The molecule has 0 aliphatic carbocycles. The van der Waals surface area contributed by atoms with E-state index in [1.54, 1.807) is 0 Å². The Morgan fingerprint density at radius 3 is 2.36 bits per heavy atom. The maximum atomic E-state index is 12.3. The van der Waals surface area contributed by atoms with Gasteiger partial charge in [0.15, 0.2) is 5.83 Å². The van der Waals surface area contributed by atoms with Gasteiger partial charge in [-0.3, -0.25) is 10.1 Å². The van der Waals surface area contributed by atoms with Crippen LogP contribution in [0.1, 0.15) is 0 Å². The summed E-state index contributed by atoms with van der Waals surface area (Å²) in [5.74, 6) is -2.01. The molecule has 0 amide bonds. The Hall–Kier alpha value is -1.65. The molecule has 0 heterocycles. The normalized spacial score (nSPS) is 10.8. The molecule has 0 aromatic heterocycles. The van der Waals surface area contributed by atoms with Gasteiger partial charge in [-0.15, -0.1) is 0 Å². The van der Waals surface area contributed by atoms with Crippen molar-refractivity contribution in [2.45, 2.75) is 0 Å². The molecule has 0 fully saturated rings. The number of hydrogen-bond donors (Lipinski definition) is 1. The number of halogens is 1. The first-order valence-electron chi connectivity index (χ1n) is 2.54. The van der Waals surface area contributed by atoms with Crippen LogP contribution in [0.3, 0.4) is 0 Å². The molecule has 0 aliphatic rings. The standard InChI is InChI=1S/C6H6FNO3/c1-4(8(10)11)3-6(7)5(2)9/h3,9H,1-2H2/b6-3+. The highest BCUT2D eigenvalue weighted by Crippen LogP contribution is 2.08. The highest BCUT2D eigenvalue weighted by molar-refractivity contribution is 5.21. The molecule has 0 aliphatic heterocycles. The van der Waals surface area contributed by atoms with Crippen LogP contribution in [0.5, 0.6) is 0 Å². The van der Waals surface area contributed by atoms with Gasteiger partial charge in [0.05, 0.1) is 11.0 Å². The third-order valence-corrected chi connectivity index (χ3v) is 0.804. The molecule has 4 nitrogen and oxygen atoms in total. The average molecular weight is 159 g/mol. The van der Waals surface area contributed by atoms with E-state index >= 15 is 0 Å². The van der Waals surface area contributed by atoms with Crippen molar-refractivity contribution in [1.82, 2.24) is 0 Å². The fraction of sp³-hybridized carbons (Fsp3) is 0. The van der Waals surface area contributed by atoms with E-state index in [2.05, 4.69) is 13.2 Å². The summed E-state index contributed by atoms with van der Waals surface area (Å²) in [6, 6.07) is 0. The Balaban J connectivity index is 4.44. The molecule has 11 heavy (non-hydrogen) atoms. The van der Waals surface area contributed by atoms with Crippen molar-refractivity contribution in [2.75, 3.05) is 0 Å². The zero-order chi connectivity index (χ0) is 9.02. The molecule has 0 atom stereocenters. The predicted octanol–water partition coefficient (Wildman–Crippen LogP) is 1.70. The number of aliphatic hydroxyl groups excluding tert-OH is 1. The number of nitrogens with zero attached hydrogens (tertiary/aromatic N) is 1. The third kappa shape index (κ3) is 3.14. The van der Waals surface area contributed by atoms with Crippen molar-refractivity contribution in [3.63, 3.8) is 0 Å². The van der Waals surface area contributed by atoms with Crippen molar-refractivity contribution >= 4 is 0 Å². The minimum absolute atomic E-state index is 0.488. The second-order valence-corrected chi connectivity index (χ2v) is 1.69. The Bertz CT molecular complexity index is 244. The molecule has 0 saturated carbocycles. The maximum Gasteiger partial charge on any atom is 0.265 e. The predicted molar refractivity (Wildman–Crippen MR) is 37.1 cm³/mol. The van der Waals surface area contributed by atoms with E-state index in [-0.39, 0.29) is 0 Å². The Kier molecular flexibility index (Phi) is 2.98. The number of hydrogen-bond acceptors (Lipinski definition) is 3. The summed E-state index contributed by atoms with van der Waals surface area (Å²) in [4.78, 5) is 8.97. The van der Waals surface area contributed by atoms with Crippen LogP contribution < -0.4 is 0 Å². The van der Waals surface area contributed by atoms with Crippen LogP contribution >= 0.6 is 0 Å². The van der Waals surface area contributed by atoms with Gasteiger partial charge in [0.1, 0.15) is 5.76 Å². The van der Waals surface area contributed by atoms with E-state index in [1.165, 1.54) is 0 Å². The van der Waals surface area contributed by atoms with Gasteiger partial charge in [-0.25, -0.2) is 4.39 Å². The van der Waals surface area contributed by atoms with E-state index in [1.807, 2.05) is 0 Å². The second kappa shape index (κ2) is 3.50. The smallest absolute Gasteiger partial charge is 0.265 e. The topological polar surface area (TPSA) is 63.4 Å². The first-order chi connectivity index (χ1) is 4.95. The lowest BCUT2D eigenvalue weighted by Gasteiger charge is -1.90. The van der Waals surface area contributed by atoms with Crippen LogP contribution in [0.2, 0.25) is 0 Å². The highest BCUT2D eigenvalue weighted by atomic mass is 19.1. The number of rotatable bonds is 3. The largest absolute Gasteiger partial charge is 0.506 e. The fourth-order valence-corrected chi connectivity index (χ4v) is 0.282. The van der Waals surface area contributed by atoms with Crippen LogP contribution in [0.25, 0.3) is 0 Å². The lowest BCUT2D eigenvalue weighted by molar-refractivity contribution is -0.418. The minimum atomic E-state index is -1.16. The van der Waals surface area contributed by atoms with Gasteiger partial charge in [0.2, 0.25) is 0 Å². The second-order valence-electron chi connectivity index (χ2n) is 1.69. The van der Waals surface area contributed by atoms with E-state index in [0.717, 1.165) is 0 Å². The van der Waals surface area contributed by atoms with Crippen LogP contribution in [-0.2, 0) is 0 Å². The molecule has 60 valence electrons. The number of aliphatic hydroxyl groups is 1. The monoisotopic (exact) mass is 159 g/mol. The number of allylic oxidation sites excluding steroid dienone is 2. The summed E-state index contributed by atoms with van der Waals surface area (Å²) < 4.78 is 12.3. The molecule has 1 N–H and O–H groups in total. The van der Waals surface area contributed by atoms with Gasteiger partial charge in [-0.05, 0) is 6.58 Å². The van der Waals surface area contributed by atoms with Crippen LogP contribution in [-0.4, -0.2) is 10.0 Å². The molecule has 0 spiro atoms. The first-order valence-corrected chi connectivity index (χ1v) is 2.54. The van der Waals surface area contributed by atoms with E-state index in [4.69, 9.17) is 5.11 Å². The van der Waals surface area contributed by atoms with Crippen molar-refractivity contribution < 1.29 is 14.4 Å². The zero-order valence-corrected chi connectivity index (χ0v) is 5.58. The molecular formula is C6H6FNO3. The summed E-state index contributed by atoms with van der Waals surface area (Å²) in [5.41, 5.74) is -0.641. The van der Waals surface area contributed by atoms with Crippen LogP contribution in [0.15, 0.2) is 36.5 Å². The fourth-order valence-electron chi connectivity index (χ4n) is 0.282. The molecule has 0 rings (SSSR count). The van der Waals surface area contributed by atoms with Crippen molar-refractivity contribution in [2.24, 2.45) is 0 Å². The molecule has 0 bridgehead atoms. The summed E-state index contributed by atoms with van der Waals surface area (Å²) in [7, 11) is 0. The molecule has 0 unspecified atom stereocenters. The summed E-state index contributed by atoms with van der Waals surface area (Å²) in [6.07, 6.45) is 0.488. The van der Waals surface area contributed by atoms with Gasteiger partial charge in [-0.2, -0.15) is 0 Å². The quantitative estimate of drug-likeness (QED) is 0.295. The number of nitro groups is 1. The molecule has 5 heteroatoms. The van der Waals surface area contributed by atoms with Gasteiger partial charge >= 0.3 is 0 Å². The average Bonchev–Trinajstić information content (AvgIpc) is 1.87. The molecular weight excluding hydrogens is 153 g/mol. The molecule has 0 aromatic rings. The summed E-state index contributed by atoms with van der Waals surface area (Å²) in [5, 5.41) is 18.2. The molecule has 0 aromatic carbocycles. The molecule has 0 saturated heterocycles. The van der Waals surface area contributed by atoms with Crippen molar-refractivity contribution in [3.05, 3.63) is 46.6 Å². The SMILES string of the molecule is C=C(O)/C(F)=C\C(=C)[N+](=O)[O-]. The maximum absolute atomic E-state index is 12.3. The van der Waals surface area contributed by atoms with Crippen LogP contribution in [0, 0.1) is 10.1 Å². The highest BCUT2D eigenvalue weighted by Gasteiger charge is 2.06. The Labute approximate surface area is 62.1 Å². The van der Waals surface area contributed by atoms with Gasteiger partial charge in [-0.1, -0.05) is 6.58 Å². The van der Waals surface area contributed by atoms with E-state index in [9.17, 15) is 14.5 Å². The van der Waals surface area contributed by atoms with Crippen molar-refractivity contribution in [3.8, 4) is 0 Å². The third-order valence-electron chi connectivity index (χ3n) is 0.804. The Morgan fingerprint density at radius 2 is 2.09 bits per heavy atom. The van der Waals surface area contributed by atoms with E-state index < -0.39 is 22.2 Å². The van der Waals surface area contributed by atoms with Crippen LogP contribution in [0.4, 0.5) is 4.39 Å². The van der Waals surface area contributed by atoms with Gasteiger partial charge < -0.3 is 5.11 Å². The minimum Gasteiger partial charge on any atom is -0.506 e. The molecule has 0 radical (unpaired) electrons. The summed E-state index contributed by atoms with van der Waals surface area (Å²) in [6.45, 7) is 5.72. The van der Waals surface area contributed by atoms with Gasteiger partial charge in [0.25, 0.3) is 5.70 Å². The lowest BCUT2D eigenvalue weighted by atomic mass is 10.4. The summed E-state index contributed by atoms with van der Waals surface area (Å²) >= 11 is 0. The van der Waals surface area contributed by atoms with Gasteiger partial charge in [0, 0.05) is 0 Å². The van der Waals surface area contributed by atoms with Crippen molar-refractivity contribution in [1.29, 1.82) is 0 Å². The zero-order valence-electron chi connectivity index (χ0n) is 5.58. The van der Waals surface area contributed by atoms with E-state index in [0.29, 0.717) is 6.08 Å². The Morgan fingerprint density at radius 1 is 1.64 bits per heavy atom. The first kappa shape index (κ1) is 9.35.